The van der Waals surface area contributed by atoms with Crippen molar-refractivity contribution in [3.63, 3.8) is 0 Å². The Kier molecular flexibility index (Phi) is 6.05. The molecule has 1 rings (SSSR count). The van der Waals surface area contributed by atoms with Gasteiger partial charge >= 0.3 is 0 Å². The van der Waals surface area contributed by atoms with Gasteiger partial charge in [-0.3, -0.25) is 4.79 Å². The number of alkyl halides is 2. The zero-order chi connectivity index (χ0) is 12.2. The molecule has 3 nitrogen and oxygen atoms in total. The van der Waals surface area contributed by atoms with Gasteiger partial charge in [-0.2, -0.15) is 0 Å². The van der Waals surface area contributed by atoms with E-state index in [1.54, 1.807) is 18.2 Å². The number of benzene rings is 1. The highest BCUT2D eigenvalue weighted by atomic mass is 35.5. The number of nitrogens with two attached hydrogens (primary N) is 1. The van der Waals surface area contributed by atoms with Crippen molar-refractivity contribution in [2.24, 2.45) is 5.73 Å². The standard InChI is InChI=1S/C11H14F2N2O.ClH/c1-8-3-2-4-9(5-8)10(16)15-7-11(12,13)6-14;/h2-5H,6-7,14H2,1H3,(H,15,16);1H. The van der Waals surface area contributed by atoms with E-state index < -0.39 is 24.9 Å². The summed E-state index contributed by atoms with van der Waals surface area (Å²) in [6.45, 7) is 0.308. The summed E-state index contributed by atoms with van der Waals surface area (Å²) in [6.07, 6.45) is 0. The van der Waals surface area contributed by atoms with Crippen LogP contribution in [0.15, 0.2) is 24.3 Å². The van der Waals surface area contributed by atoms with Crippen LogP contribution < -0.4 is 11.1 Å². The van der Waals surface area contributed by atoms with E-state index in [0.717, 1.165) is 5.56 Å². The van der Waals surface area contributed by atoms with E-state index in [0.29, 0.717) is 5.56 Å². The van der Waals surface area contributed by atoms with Crippen LogP contribution in [-0.4, -0.2) is 24.9 Å². The molecule has 0 radical (unpaired) electrons. The topological polar surface area (TPSA) is 55.1 Å². The second-order valence-electron chi connectivity index (χ2n) is 3.61. The van der Waals surface area contributed by atoms with Gasteiger partial charge in [0.05, 0.1) is 13.1 Å². The van der Waals surface area contributed by atoms with Crippen LogP contribution in [0.3, 0.4) is 0 Å². The molecule has 0 aliphatic rings. The van der Waals surface area contributed by atoms with Crippen LogP contribution in [0.5, 0.6) is 0 Å². The lowest BCUT2D eigenvalue weighted by Gasteiger charge is -2.14. The van der Waals surface area contributed by atoms with Crippen LogP contribution in [0.25, 0.3) is 0 Å². The quantitative estimate of drug-likeness (QED) is 0.870. The van der Waals surface area contributed by atoms with Gasteiger partial charge in [-0.05, 0) is 19.1 Å². The first-order valence-corrected chi connectivity index (χ1v) is 4.87. The molecule has 0 unspecified atom stereocenters. The van der Waals surface area contributed by atoms with Gasteiger partial charge in [0.2, 0.25) is 0 Å². The first-order valence-electron chi connectivity index (χ1n) is 4.87. The summed E-state index contributed by atoms with van der Waals surface area (Å²) >= 11 is 0. The molecular formula is C11H15ClF2N2O. The van der Waals surface area contributed by atoms with Crippen LogP contribution in [0, 0.1) is 6.92 Å². The Morgan fingerprint density at radius 2 is 2.12 bits per heavy atom. The number of carbonyl (C=O) groups excluding carboxylic acids is 1. The number of amides is 1. The lowest BCUT2D eigenvalue weighted by atomic mass is 10.1. The van der Waals surface area contributed by atoms with Crippen molar-refractivity contribution in [3.05, 3.63) is 35.4 Å². The van der Waals surface area contributed by atoms with Gasteiger partial charge in [-0.25, -0.2) is 8.78 Å². The largest absolute Gasteiger partial charge is 0.346 e. The highest BCUT2D eigenvalue weighted by Gasteiger charge is 2.27. The summed E-state index contributed by atoms with van der Waals surface area (Å²) in [4.78, 5) is 11.5. The lowest BCUT2D eigenvalue weighted by Crippen LogP contribution is -2.41. The minimum Gasteiger partial charge on any atom is -0.346 e. The number of nitrogens with one attached hydrogen (secondary N) is 1. The normalized spacial score (nSPS) is 10.6. The summed E-state index contributed by atoms with van der Waals surface area (Å²) in [5.41, 5.74) is 6.12. The zero-order valence-electron chi connectivity index (χ0n) is 9.37. The molecule has 0 saturated heterocycles. The fourth-order valence-corrected chi connectivity index (χ4v) is 1.17. The first-order chi connectivity index (χ1) is 7.44. The molecular weight excluding hydrogens is 250 g/mol. The summed E-state index contributed by atoms with van der Waals surface area (Å²) in [6, 6.07) is 6.73. The van der Waals surface area contributed by atoms with Crippen molar-refractivity contribution < 1.29 is 13.6 Å². The van der Waals surface area contributed by atoms with E-state index in [-0.39, 0.29) is 12.4 Å². The minimum atomic E-state index is -3.06. The van der Waals surface area contributed by atoms with Gasteiger partial charge in [0, 0.05) is 5.56 Å². The van der Waals surface area contributed by atoms with E-state index in [4.69, 9.17) is 5.73 Å². The van der Waals surface area contributed by atoms with Crippen LogP contribution in [0.2, 0.25) is 0 Å². The molecule has 96 valence electrons. The Balaban J connectivity index is 0.00000256. The Labute approximate surface area is 105 Å². The maximum absolute atomic E-state index is 12.8. The number of hydrogen-bond acceptors (Lipinski definition) is 2. The third-order valence-electron chi connectivity index (χ3n) is 2.09. The average Bonchev–Trinajstić information content (AvgIpc) is 2.26. The monoisotopic (exact) mass is 264 g/mol. The van der Waals surface area contributed by atoms with Crippen molar-refractivity contribution in [1.29, 1.82) is 0 Å². The highest BCUT2D eigenvalue weighted by Crippen LogP contribution is 2.09. The van der Waals surface area contributed by atoms with Crippen molar-refractivity contribution in [3.8, 4) is 0 Å². The van der Waals surface area contributed by atoms with Crippen LogP contribution in [0.1, 0.15) is 15.9 Å². The molecule has 0 aliphatic heterocycles. The van der Waals surface area contributed by atoms with Crippen LogP contribution in [-0.2, 0) is 0 Å². The van der Waals surface area contributed by atoms with Gasteiger partial charge < -0.3 is 11.1 Å². The lowest BCUT2D eigenvalue weighted by molar-refractivity contribution is 0.0118. The second-order valence-corrected chi connectivity index (χ2v) is 3.61. The van der Waals surface area contributed by atoms with Crippen LogP contribution in [0.4, 0.5) is 8.78 Å². The molecule has 17 heavy (non-hydrogen) atoms. The first kappa shape index (κ1) is 15.8. The summed E-state index contributed by atoms with van der Waals surface area (Å²) < 4.78 is 25.5. The molecule has 0 aromatic heterocycles. The van der Waals surface area contributed by atoms with Gasteiger partial charge in [0.25, 0.3) is 11.8 Å². The fraction of sp³-hybridized carbons (Fsp3) is 0.364. The Morgan fingerprint density at radius 3 is 2.65 bits per heavy atom. The predicted molar refractivity (Wildman–Crippen MR) is 64.8 cm³/mol. The van der Waals surface area contributed by atoms with Crippen molar-refractivity contribution >= 4 is 18.3 Å². The maximum atomic E-state index is 12.8. The molecule has 6 heteroatoms. The predicted octanol–water partition coefficient (Wildman–Crippen LogP) is 1.74. The molecule has 0 aliphatic carbocycles. The smallest absolute Gasteiger partial charge is 0.277 e. The van der Waals surface area contributed by atoms with Crippen molar-refractivity contribution in [1.82, 2.24) is 5.32 Å². The van der Waals surface area contributed by atoms with Crippen molar-refractivity contribution in [2.45, 2.75) is 12.8 Å². The minimum absolute atomic E-state index is 0. The Bertz CT molecular complexity index is 385. The molecule has 0 atom stereocenters. The van der Waals surface area contributed by atoms with Gasteiger partial charge in [0.1, 0.15) is 0 Å². The number of hydrogen-bond donors (Lipinski definition) is 2. The average molecular weight is 265 g/mol. The zero-order valence-corrected chi connectivity index (χ0v) is 10.2. The SMILES string of the molecule is Cc1cccc(C(=O)NCC(F)(F)CN)c1.Cl. The van der Waals surface area contributed by atoms with Crippen LogP contribution >= 0.6 is 12.4 Å². The van der Waals surface area contributed by atoms with Gasteiger partial charge in [-0.15, -0.1) is 12.4 Å². The number of rotatable bonds is 4. The molecule has 0 heterocycles. The van der Waals surface area contributed by atoms with E-state index >= 15 is 0 Å². The van der Waals surface area contributed by atoms with Gasteiger partial charge in [0.15, 0.2) is 0 Å². The Morgan fingerprint density at radius 1 is 1.47 bits per heavy atom. The van der Waals surface area contributed by atoms with E-state index in [9.17, 15) is 13.6 Å². The molecule has 1 amide bonds. The molecule has 0 fully saturated rings. The summed E-state index contributed by atoms with van der Waals surface area (Å²) in [7, 11) is 0. The molecule has 1 aromatic carbocycles. The number of aryl methyl sites for hydroxylation is 1. The van der Waals surface area contributed by atoms with Gasteiger partial charge in [-0.1, -0.05) is 17.7 Å². The second kappa shape index (κ2) is 6.51. The fourth-order valence-electron chi connectivity index (χ4n) is 1.17. The van der Waals surface area contributed by atoms with E-state index in [2.05, 4.69) is 5.32 Å². The highest BCUT2D eigenvalue weighted by molar-refractivity contribution is 5.94. The molecule has 1 aromatic rings. The van der Waals surface area contributed by atoms with E-state index in [1.807, 2.05) is 13.0 Å². The molecule has 3 N–H and O–H groups in total. The molecule has 0 saturated carbocycles. The summed E-state index contributed by atoms with van der Waals surface area (Å²) in [5, 5.41) is 2.15. The number of halogens is 3. The third kappa shape index (κ3) is 5.10. The number of carbonyl (C=O) groups is 1. The van der Waals surface area contributed by atoms with E-state index in [1.165, 1.54) is 0 Å². The maximum Gasteiger partial charge on any atom is 0.277 e. The van der Waals surface area contributed by atoms with Crippen molar-refractivity contribution in [2.75, 3.05) is 13.1 Å². The molecule has 0 spiro atoms. The molecule has 0 bridgehead atoms. The summed E-state index contributed by atoms with van der Waals surface area (Å²) in [5.74, 6) is -3.57. The third-order valence-corrected chi connectivity index (χ3v) is 2.09. The Hall–Kier alpha value is -1.20.